The Balaban J connectivity index is 0.988. The molecule has 2 aromatic heterocycles. The molecule has 2 aliphatic rings. The lowest BCUT2D eigenvalue weighted by molar-refractivity contribution is 0.0703. The lowest BCUT2D eigenvalue weighted by atomic mass is 9.94. The Labute approximate surface area is 327 Å². The highest BCUT2D eigenvalue weighted by Crippen LogP contribution is 2.39. The molecule has 0 unspecified atom stereocenters. The second kappa shape index (κ2) is 15.6. The second-order valence-corrected chi connectivity index (χ2v) is 17.1. The van der Waals surface area contributed by atoms with Crippen LogP contribution in [0, 0.1) is 0 Å². The van der Waals surface area contributed by atoms with Crippen LogP contribution in [0.5, 0.6) is 11.5 Å². The third-order valence-corrected chi connectivity index (χ3v) is 12.1. The lowest BCUT2D eigenvalue weighted by Gasteiger charge is -2.34. The van der Waals surface area contributed by atoms with Crippen LogP contribution in [0.3, 0.4) is 0 Å². The topological polar surface area (TPSA) is 144 Å². The SMILES string of the molecule is COc1cc2c(cc1ONc1cn(C)c(C(=O)Nc3ccc(-c4cc(C(=O)NCC(C)(C)SSC)n(C)c4)cc3)n1)N=C[C@@H]1Cc3ccccc3CN1C2=O. The summed E-state index contributed by atoms with van der Waals surface area (Å²) in [6.07, 6.45) is 8.06. The first-order valence-electron chi connectivity index (χ1n) is 17.6. The molecule has 284 valence electrons. The molecule has 5 aromatic rings. The number of imidazole rings is 1. The maximum Gasteiger partial charge on any atom is 0.291 e. The zero-order valence-corrected chi connectivity index (χ0v) is 33.0. The Bertz CT molecular complexity index is 2300. The van der Waals surface area contributed by atoms with Gasteiger partial charge in [0.2, 0.25) is 5.82 Å². The van der Waals surface area contributed by atoms with E-state index in [9.17, 15) is 14.4 Å². The number of aliphatic imine (C=N–C) groups is 1. The summed E-state index contributed by atoms with van der Waals surface area (Å²) in [4.78, 5) is 56.8. The number of ether oxygens (including phenoxy) is 1. The fourth-order valence-corrected chi connectivity index (χ4v) is 8.76. The van der Waals surface area contributed by atoms with Gasteiger partial charge < -0.3 is 34.2 Å². The first kappa shape index (κ1) is 37.6. The molecule has 15 heteroatoms. The van der Waals surface area contributed by atoms with Crippen molar-refractivity contribution < 1.29 is 24.0 Å². The molecule has 7 rings (SSSR count). The number of rotatable bonds is 12. The van der Waals surface area contributed by atoms with Gasteiger partial charge in [-0.05, 0) is 67.5 Å². The van der Waals surface area contributed by atoms with Crippen LogP contribution in [0.15, 0.2) is 84.1 Å². The first-order valence-corrected chi connectivity index (χ1v) is 20.2. The van der Waals surface area contributed by atoms with Crippen molar-refractivity contribution in [2.75, 3.05) is 30.7 Å². The fourth-order valence-electron chi connectivity index (χ4n) is 6.64. The number of carbonyl (C=O) groups excluding carboxylic acids is 3. The fraction of sp³-hybridized carbons (Fsp3) is 0.275. The number of amides is 3. The average molecular weight is 779 g/mol. The smallest absolute Gasteiger partial charge is 0.291 e. The molecular weight excluding hydrogens is 737 g/mol. The second-order valence-electron chi connectivity index (χ2n) is 14.0. The molecule has 0 aliphatic carbocycles. The standard InChI is InChI=1S/C40H42N8O5S2/c1-40(2,55-54-6)23-42-37(49)32-16-27(20-46(32)3)24-11-13-28(14-12-24)43-38(50)36-44-35(22-47(36)4)45-53-34-18-31-30(17-33(34)52-5)39(51)48-21-26-10-8-7-9-25(26)15-29(48)19-41-31/h7-14,16-20,22,29,45H,15,21,23H2,1-6H3,(H,42,49)(H,43,50)/t29-/m0/s1. The molecule has 0 radical (unpaired) electrons. The molecule has 3 amide bonds. The quantitative estimate of drug-likeness (QED) is 0.0911. The Hall–Kier alpha value is -5.67. The number of nitrogens with one attached hydrogen (secondary N) is 3. The van der Waals surface area contributed by atoms with Gasteiger partial charge in [0.25, 0.3) is 17.7 Å². The van der Waals surface area contributed by atoms with E-state index < -0.39 is 5.91 Å². The predicted octanol–water partition coefficient (Wildman–Crippen LogP) is 6.90. The van der Waals surface area contributed by atoms with Crippen LogP contribution in [0.4, 0.5) is 17.2 Å². The summed E-state index contributed by atoms with van der Waals surface area (Å²) >= 11 is 0. The minimum Gasteiger partial charge on any atom is -0.493 e. The molecule has 13 nitrogen and oxygen atoms in total. The zero-order valence-electron chi connectivity index (χ0n) is 31.4. The van der Waals surface area contributed by atoms with Gasteiger partial charge in [0, 0.05) is 61.7 Å². The third kappa shape index (κ3) is 8.08. The molecule has 55 heavy (non-hydrogen) atoms. The van der Waals surface area contributed by atoms with Crippen molar-refractivity contribution in [2.24, 2.45) is 19.1 Å². The van der Waals surface area contributed by atoms with Gasteiger partial charge in [0.15, 0.2) is 17.3 Å². The summed E-state index contributed by atoms with van der Waals surface area (Å²) in [7, 11) is 8.46. The molecule has 0 saturated carbocycles. The molecule has 3 aromatic carbocycles. The molecule has 0 spiro atoms. The number of aromatic nitrogens is 3. The molecule has 0 bridgehead atoms. The molecule has 3 N–H and O–H groups in total. The number of carbonyl (C=O) groups is 3. The number of methoxy groups -OCH3 is 1. The summed E-state index contributed by atoms with van der Waals surface area (Å²) < 4.78 is 8.90. The van der Waals surface area contributed by atoms with Crippen molar-refractivity contribution in [3.8, 4) is 22.6 Å². The minimum absolute atomic E-state index is 0.0908. The molecule has 4 heterocycles. The first-order chi connectivity index (χ1) is 26.4. The van der Waals surface area contributed by atoms with Gasteiger partial charge in [-0.15, -0.1) is 0 Å². The van der Waals surface area contributed by atoms with Gasteiger partial charge in [0.1, 0.15) is 5.69 Å². The van der Waals surface area contributed by atoms with E-state index in [2.05, 4.69) is 52.1 Å². The Morgan fingerprint density at radius 2 is 1.71 bits per heavy atom. The monoisotopic (exact) mass is 778 g/mol. The number of benzene rings is 3. The van der Waals surface area contributed by atoms with E-state index >= 15 is 0 Å². The van der Waals surface area contributed by atoms with Gasteiger partial charge in [-0.1, -0.05) is 58.0 Å². The number of nitrogens with zero attached hydrogens (tertiary/aromatic N) is 5. The number of aryl methyl sites for hydroxylation is 2. The summed E-state index contributed by atoms with van der Waals surface area (Å²) in [5, 5.41) is 5.94. The maximum absolute atomic E-state index is 13.7. The van der Waals surface area contributed by atoms with E-state index in [-0.39, 0.29) is 34.2 Å². The van der Waals surface area contributed by atoms with Crippen molar-refractivity contribution in [2.45, 2.75) is 37.6 Å². The molecule has 0 saturated heterocycles. The van der Waals surface area contributed by atoms with Crippen molar-refractivity contribution in [3.05, 3.63) is 107 Å². The summed E-state index contributed by atoms with van der Waals surface area (Å²) in [5.74, 6) is 0.384. The molecule has 2 aliphatic heterocycles. The summed E-state index contributed by atoms with van der Waals surface area (Å²) in [6.45, 7) is 5.25. The van der Waals surface area contributed by atoms with Crippen molar-refractivity contribution >= 4 is 62.7 Å². The highest BCUT2D eigenvalue weighted by Gasteiger charge is 2.33. The predicted molar refractivity (Wildman–Crippen MR) is 219 cm³/mol. The van der Waals surface area contributed by atoms with E-state index in [1.807, 2.05) is 65.5 Å². The van der Waals surface area contributed by atoms with Crippen LogP contribution in [0.1, 0.15) is 56.4 Å². The van der Waals surface area contributed by atoms with Crippen molar-refractivity contribution in [1.29, 1.82) is 0 Å². The van der Waals surface area contributed by atoms with Gasteiger partial charge in [-0.3, -0.25) is 19.4 Å². The van der Waals surface area contributed by atoms with Crippen molar-refractivity contribution in [3.63, 3.8) is 0 Å². The number of hydrogen-bond acceptors (Lipinski definition) is 10. The maximum atomic E-state index is 13.7. The molecular formula is C40H42N8O5S2. The van der Waals surface area contributed by atoms with E-state index in [0.717, 1.165) is 16.7 Å². The van der Waals surface area contributed by atoms with Gasteiger partial charge >= 0.3 is 0 Å². The number of fused-ring (bicyclic) bond motifs is 3. The number of hydrogen-bond donors (Lipinski definition) is 3. The van der Waals surface area contributed by atoms with Crippen LogP contribution in [-0.2, 0) is 27.1 Å². The van der Waals surface area contributed by atoms with Gasteiger partial charge in [0.05, 0.1) is 30.6 Å². The van der Waals surface area contributed by atoms with Gasteiger partial charge in [-0.2, -0.15) is 0 Å². The number of anilines is 2. The highest BCUT2D eigenvalue weighted by molar-refractivity contribution is 8.77. The van der Waals surface area contributed by atoms with Crippen LogP contribution < -0.4 is 25.7 Å². The molecule has 1 atom stereocenters. The molecule has 0 fully saturated rings. The van der Waals surface area contributed by atoms with Crippen LogP contribution >= 0.6 is 21.6 Å². The van der Waals surface area contributed by atoms with E-state index in [4.69, 9.17) is 9.57 Å². The van der Waals surface area contributed by atoms with Crippen molar-refractivity contribution in [1.82, 2.24) is 24.3 Å². The van der Waals surface area contributed by atoms with Crippen LogP contribution in [0.25, 0.3) is 11.1 Å². The van der Waals surface area contributed by atoms with Crippen LogP contribution in [-0.4, -0.2) is 73.7 Å². The van der Waals surface area contributed by atoms with E-state index in [1.165, 1.54) is 12.7 Å². The normalized spacial score (nSPS) is 14.7. The van der Waals surface area contributed by atoms with Crippen LogP contribution in [0.2, 0.25) is 0 Å². The summed E-state index contributed by atoms with van der Waals surface area (Å²) in [6, 6.07) is 20.5. The van der Waals surface area contributed by atoms with Gasteiger partial charge in [-0.25, -0.2) is 10.5 Å². The lowest BCUT2D eigenvalue weighted by Crippen LogP contribution is -2.44. The Morgan fingerprint density at radius 1 is 0.945 bits per heavy atom. The Kier molecular flexibility index (Phi) is 10.7. The zero-order chi connectivity index (χ0) is 38.9. The minimum atomic E-state index is -0.418. The third-order valence-electron chi connectivity index (χ3n) is 9.49. The summed E-state index contributed by atoms with van der Waals surface area (Å²) in [5.41, 5.74) is 8.95. The Morgan fingerprint density at radius 3 is 2.45 bits per heavy atom. The largest absolute Gasteiger partial charge is 0.493 e. The highest BCUT2D eigenvalue weighted by atomic mass is 33.1. The van der Waals surface area contributed by atoms with E-state index in [1.54, 1.807) is 63.7 Å². The average Bonchev–Trinajstić information content (AvgIpc) is 3.72. The van der Waals surface area contributed by atoms with E-state index in [0.29, 0.717) is 53.6 Å².